The number of carbonyl (C=O) groups excluding carboxylic acids is 1. The van der Waals surface area contributed by atoms with Crippen LogP contribution < -0.4 is 5.32 Å². The lowest BCUT2D eigenvalue weighted by atomic mass is 10.1. The molecule has 15 nitrogen and oxygen atoms in total. The van der Waals surface area contributed by atoms with Crippen molar-refractivity contribution < 1.29 is 34.4 Å². The van der Waals surface area contributed by atoms with Crippen molar-refractivity contribution in [3.8, 4) is 17.5 Å². The SMILES string of the molecule is COC=Nc1cc(O)c(NC(C)=O)nc1N=Nc1c(C#N)cnn1-c1cc(C(=O)O)cc(C(=O)O)c1. The molecule has 0 saturated carbocycles. The molecule has 3 aromatic rings. The monoisotopic (exact) mass is 492 g/mol. The van der Waals surface area contributed by atoms with Crippen LogP contribution in [0.1, 0.15) is 33.2 Å². The maximum Gasteiger partial charge on any atom is 0.335 e. The summed E-state index contributed by atoms with van der Waals surface area (Å²) in [5.74, 6) is -4.32. The molecule has 0 aliphatic heterocycles. The first-order valence-corrected chi connectivity index (χ1v) is 9.73. The maximum absolute atomic E-state index is 11.5. The van der Waals surface area contributed by atoms with Gasteiger partial charge < -0.3 is 25.4 Å². The van der Waals surface area contributed by atoms with Gasteiger partial charge in [0.15, 0.2) is 23.8 Å². The normalized spacial score (nSPS) is 10.9. The summed E-state index contributed by atoms with van der Waals surface area (Å²) in [6, 6.07) is 6.25. The fraction of sp³-hybridized carbons (Fsp3) is 0.0952. The Hall–Kier alpha value is -5.65. The van der Waals surface area contributed by atoms with Crippen LogP contribution in [0.5, 0.6) is 5.75 Å². The predicted molar refractivity (Wildman–Crippen MR) is 122 cm³/mol. The van der Waals surface area contributed by atoms with Gasteiger partial charge in [0, 0.05) is 13.0 Å². The molecule has 1 aromatic carbocycles. The van der Waals surface area contributed by atoms with Crippen LogP contribution in [0.4, 0.5) is 23.1 Å². The number of aromatic carboxylic acids is 2. The third-order valence-electron chi connectivity index (χ3n) is 4.31. The summed E-state index contributed by atoms with van der Waals surface area (Å²) in [6.07, 6.45) is 2.16. The van der Waals surface area contributed by atoms with Crippen molar-refractivity contribution in [1.29, 1.82) is 5.26 Å². The van der Waals surface area contributed by atoms with Crippen LogP contribution in [0.3, 0.4) is 0 Å². The highest BCUT2D eigenvalue weighted by Gasteiger charge is 2.18. The van der Waals surface area contributed by atoms with E-state index in [9.17, 15) is 35.0 Å². The number of benzene rings is 1. The zero-order chi connectivity index (χ0) is 26.4. The number of carbonyl (C=O) groups is 3. The van der Waals surface area contributed by atoms with E-state index in [-0.39, 0.29) is 45.5 Å². The van der Waals surface area contributed by atoms with Crippen LogP contribution in [0.25, 0.3) is 5.69 Å². The molecule has 0 bridgehead atoms. The molecule has 0 aliphatic carbocycles. The van der Waals surface area contributed by atoms with E-state index in [2.05, 4.69) is 30.6 Å². The Labute approximate surface area is 201 Å². The van der Waals surface area contributed by atoms with Gasteiger partial charge in [0.25, 0.3) is 0 Å². The van der Waals surface area contributed by atoms with Gasteiger partial charge in [-0.3, -0.25) is 4.79 Å². The number of rotatable bonds is 8. The van der Waals surface area contributed by atoms with E-state index in [1.54, 1.807) is 0 Å². The van der Waals surface area contributed by atoms with Gasteiger partial charge in [0.05, 0.1) is 30.1 Å². The van der Waals surface area contributed by atoms with Gasteiger partial charge in [0.2, 0.25) is 11.7 Å². The number of aliphatic imine (C=N–C) groups is 1. The number of carboxylic acids is 2. The van der Waals surface area contributed by atoms with Crippen LogP contribution >= 0.6 is 0 Å². The second-order valence-corrected chi connectivity index (χ2v) is 6.83. The van der Waals surface area contributed by atoms with Gasteiger partial charge in [-0.1, -0.05) is 0 Å². The van der Waals surface area contributed by atoms with Gasteiger partial charge >= 0.3 is 11.9 Å². The Bertz CT molecular complexity index is 1440. The molecule has 36 heavy (non-hydrogen) atoms. The minimum absolute atomic E-state index is 0.0158. The van der Waals surface area contributed by atoms with Crippen molar-refractivity contribution in [2.24, 2.45) is 15.2 Å². The minimum atomic E-state index is -1.38. The Morgan fingerprint density at radius 2 is 1.81 bits per heavy atom. The smallest absolute Gasteiger partial charge is 0.335 e. The number of nitrogens with one attached hydrogen (secondary N) is 1. The number of ether oxygens (including phenoxy) is 1. The van der Waals surface area contributed by atoms with Crippen molar-refractivity contribution in [3.63, 3.8) is 0 Å². The molecule has 0 radical (unpaired) electrons. The fourth-order valence-electron chi connectivity index (χ4n) is 2.80. The second kappa shape index (κ2) is 10.5. The van der Waals surface area contributed by atoms with Crippen LogP contribution in [0.2, 0.25) is 0 Å². The fourth-order valence-corrected chi connectivity index (χ4v) is 2.80. The molecule has 2 heterocycles. The van der Waals surface area contributed by atoms with E-state index in [0.717, 1.165) is 41.5 Å². The molecule has 1 amide bonds. The molecule has 182 valence electrons. The topological polar surface area (TPSA) is 225 Å². The van der Waals surface area contributed by atoms with Crippen LogP contribution in [0.15, 0.2) is 45.7 Å². The van der Waals surface area contributed by atoms with Crippen LogP contribution in [-0.2, 0) is 9.53 Å². The zero-order valence-electron chi connectivity index (χ0n) is 18.6. The Balaban J connectivity index is 2.18. The lowest BCUT2D eigenvalue weighted by Crippen LogP contribution is -2.07. The van der Waals surface area contributed by atoms with Crippen molar-refractivity contribution in [3.05, 3.63) is 47.2 Å². The lowest BCUT2D eigenvalue weighted by Gasteiger charge is -2.08. The molecule has 15 heteroatoms. The number of hydrogen-bond acceptors (Lipinski definition) is 11. The molecular formula is C21H16N8O7. The third-order valence-corrected chi connectivity index (χ3v) is 4.31. The first kappa shape index (κ1) is 25.0. The van der Waals surface area contributed by atoms with Crippen LogP contribution in [-0.4, -0.2) is 61.4 Å². The lowest BCUT2D eigenvalue weighted by molar-refractivity contribution is -0.114. The number of aromatic nitrogens is 3. The minimum Gasteiger partial charge on any atom is -0.504 e. The molecule has 0 fully saturated rings. The summed E-state index contributed by atoms with van der Waals surface area (Å²) >= 11 is 0. The molecule has 0 spiro atoms. The number of nitrogens with zero attached hydrogens (tertiary/aromatic N) is 7. The van der Waals surface area contributed by atoms with Gasteiger partial charge in [-0.2, -0.15) is 10.4 Å². The third kappa shape index (κ3) is 5.46. The van der Waals surface area contributed by atoms with E-state index < -0.39 is 23.6 Å². The van der Waals surface area contributed by atoms with E-state index in [1.807, 2.05) is 6.07 Å². The first-order valence-electron chi connectivity index (χ1n) is 9.73. The first-order chi connectivity index (χ1) is 17.1. The highest BCUT2D eigenvalue weighted by molar-refractivity contribution is 5.95. The summed E-state index contributed by atoms with van der Waals surface area (Å²) < 4.78 is 5.79. The van der Waals surface area contributed by atoms with Crippen molar-refractivity contribution >= 4 is 47.4 Å². The Kier molecular flexibility index (Phi) is 7.30. The number of anilines is 1. The van der Waals surface area contributed by atoms with Crippen molar-refractivity contribution in [2.75, 3.05) is 12.4 Å². The van der Waals surface area contributed by atoms with Gasteiger partial charge in [0.1, 0.15) is 17.3 Å². The molecule has 3 rings (SSSR count). The number of nitriles is 1. The van der Waals surface area contributed by atoms with Gasteiger partial charge in [-0.05, 0) is 18.2 Å². The molecule has 0 aliphatic rings. The second-order valence-electron chi connectivity index (χ2n) is 6.83. The summed E-state index contributed by atoms with van der Waals surface area (Å²) in [5.41, 5.74) is -0.786. The number of carboxylic acid groups (broad SMARTS) is 2. The highest BCUT2D eigenvalue weighted by Crippen LogP contribution is 2.36. The Morgan fingerprint density at radius 3 is 2.36 bits per heavy atom. The largest absolute Gasteiger partial charge is 0.504 e. The molecule has 0 unspecified atom stereocenters. The average molecular weight is 492 g/mol. The standard InChI is InChI=1S/C21H16N8O7/c1-10(30)25-18-16(31)6-15(23-9-36-2)17(26-18)27-28-19-13(7-22)8-24-29(19)14-4-11(20(32)33)3-12(5-14)21(34)35/h3-6,8-9,31H,1-2H3,(H,32,33)(H,34,35)(H,25,26,30). The van der Waals surface area contributed by atoms with Crippen molar-refractivity contribution in [2.45, 2.75) is 6.92 Å². The maximum atomic E-state index is 11.5. The number of azo groups is 1. The molecular weight excluding hydrogens is 476 g/mol. The summed E-state index contributed by atoms with van der Waals surface area (Å²) in [7, 11) is 1.33. The average Bonchev–Trinajstić information content (AvgIpc) is 3.25. The molecule has 4 N–H and O–H groups in total. The number of amides is 1. The summed E-state index contributed by atoms with van der Waals surface area (Å²) in [5, 5.41) is 52.6. The van der Waals surface area contributed by atoms with E-state index in [0.29, 0.717) is 0 Å². The van der Waals surface area contributed by atoms with Gasteiger partial charge in [-0.15, -0.1) is 10.2 Å². The molecule has 2 aromatic heterocycles. The zero-order valence-corrected chi connectivity index (χ0v) is 18.6. The molecule has 0 atom stereocenters. The Morgan fingerprint density at radius 1 is 1.14 bits per heavy atom. The van der Waals surface area contributed by atoms with E-state index in [1.165, 1.54) is 14.0 Å². The van der Waals surface area contributed by atoms with Crippen molar-refractivity contribution in [1.82, 2.24) is 14.8 Å². The number of pyridine rings is 1. The summed E-state index contributed by atoms with van der Waals surface area (Å²) in [4.78, 5) is 42.3. The number of methoxy groups -OCH3 is 1. The van der Waals surface area contributed by atoms with E-state index >= 15 is 0 Å². The van der Waals surface area contributed by atoms with E-state index in [4.69, 9.17) is 4.74 Å². The van der Waals surface area contributed by atoms with Gasteiger partial charge in [-0.25, -0.2) is 24.2 Å². The quantitative estimate of drug-likeness (QED) is 0.204. The van der Waals surface area contributed by atoms with Crippen LogP contribution in [0, 0.1) is 11.3 Å². The highest BCUT2D eigenvalue weighted by atomic mass is 16.5. The predicted octanol–water partition coefficient (Wildman–Crippen LogP) is 2.92. The number of aromatic hydroxyl groups is 1. The number of hydrogen-bond donors (Lipinski definition) is 4. The summed E-state index contributed by atoms with van der Waals surface area (Å²) in [6.45, 7) is 1.20. The molecule has 0 saturated heterocycles.